The molecule has 4 nitrogen and oxygen atoms in total. The van der Waals surface area contributed by atoms with Crippen LogP contribution in [0, 0.1) is 25.5 Å². The van der Waals surface area contributed by atoms with E-state index in [9.17, 15) is 13.6 Å². The average Bonchev–Trinajstić information content (AvgIpc) is 3.00. The van der Waals surface area contributed by atoms with Crippen LogP contribution in [0.2, 0.25) is 0 Å². The molecule has 0 aliphatic rings. The van der Waals surface area contributed by atoms with Gasteiger partial charge in [-0.05, 0) is 50.6 Å². The Balaban J connectivity index is 1.74. The molecule has 1 N–H and O–H groups in total. The molecule has 28 heavy (non-hydrogen) atoms. The van der Waals surface area contributed by atoms with E-state index in [4.69, 9.17) is 4.52 Å². The van der Waals surface area contributed by atoms with Gasteiger partial charge in [-0.2, -0.15) is 0 Å². The van der Waals surface area contributed by atoms with Crippen LogP contribution in [0.1, 0.15) is 45.9 Å². The van der Waals surface area contributed by atoms with Gasteiger partial charge in [0, 0.05) is 16.2 Å². The van der Waals surface area contributed by atoms with Crippen LogP contribution in [-0.4, -0.2) is 11.1 Å². The normalized spacial score (nSPS) is 12.0. The van der Waals surface area contributed by atoms with Crippen LogP contribution < -0.4 is 5.32 Å². The minimum absolute atomic E-state index is 0.279. The number of carbonyl (C=O) groups is 1. The Morgan fingerprint density at radius 1 is 1.18 bits per heavy atom. The summed E-state index contributed by atoms with van der Waals surface area (Å²) in [6, 6.07) is 10.4. The van der Waals surface area contributed by atoms with Gasteiger partial charge in [0.15, 0.2) is 11.6 Å². The maximum Gasteiger partial charge on any atom is 0.252 e. The van der Waals surface area contributed by atoms with E-state index in [0.29, 0.717) is 16.9 Å². The molecule has 3 rings (SSSR count). The number of hydrogen-bond acceptors (Lipinski definition) is 4. The Bertz CT molecular complexity index is 984. The Morgan fingerprint density at radius 2 is 1.93 bits per heavy atom. The van der Waals surface area contributed by atoms with Gasteiger partial charge in [0.2, 0.25) is 0 Å². The quantitative estimate of drug-likeness (QED) is 0.565. The number of rotatable bonds is 6. The van der Waals surface area contributed by atoms with Gasteiger partial charge >= 0.3 is 0 Å². The molecule has 0 fully saturated rings. The number of halogens is 2. The molecule has 0 saturated carbocycles. The number of aryl methyl sites for hydroxylation is 2. The number of amides is 1. The SMILES string of the molecule is Cc1noc(C)c1CSc1ccccc1C(=O)NC(C)c1ccc(F)c(F)c1. The number of nitrogens with one attached hydrogen (secondary N) is 1. The number of carbonyl (C=O) groups excluding carboxylic acids is 1. The Morgan fingerprint density at radius 3 is 2.61 bits per heavy atom. The first-order chi connectivity index (χ1) is 13.4. The zero-order valence-electron chi connectivity index (χ0n) is 15.8. The molecule has 1 unspecified atom stereocenters. The van der Waals surface area contributed by atoms with Crippen LogP contribution in [0.3, 0.4) is 0 Å². The molecular formula is C21H20F2N2O2S. The van der Waals surface area contributed by atoms with Crippen LogP contribution in [0.25, 0.3) is 0 Å². The van der Waals surface area contributed by atoms with Crippen molar-refractivity contribution in [2.75, 3.05) is 0 Å². The first-order valence-corrected chi connectivity index (χ1v) is 9.74. The third-order valence-corrected chi connectivity index (χ3v) is 5.58. The predicted octanol–water partition coefficient (Wildman–Crippen LogP) is 5.35. The van der Waals surface area contributed by atoms with Crippen molar-refractivity contribution in [3.8, 4) is 0 Å². The predicted molar refractivity (Wildman–Crippen MR) is 104 cm³/mol. The lowest BCUT2D eigenvalue weighted by atomic mass is 10.1. The fourth-order valence-electron chi connectivity index (χ4n) is 2.78. The molecule has 0 radical (unpaired) electrons. The molecule has 0 aliphatic heterocycles. The summed E-state index contributed by atoms with van der Waals surface area (Å²) >= 11 is 1.52. The third kappa shape index (κ3) is 4.42. The number of aromatic nitrogens is 1. The second kappa shape index (κ2) is 8.56. The highest BCUT2D eigenvalue weighted by molar-refractivity contribution is 7.98. The number of thioether (sulfide) groups is 1. The van der Waals surface area contributed by atoms with Crippen molar-refractivity contribution in [3.05, 3.63) is 82.2 Å². The van der Waals surface area contributed by atoms with Crippen molar-refractivity contribution in [2.45, 2.75) is 37.5 Å². The van der Waals surface area contributed by atoms with E-state index in [0.717, 1.165) is 34.0 Å². The van der Waals surface area contributed by atoms with Crippen LogP contribution >= 0.6 is 11.8 Å². The summed E-state index contributed by atoms with van der Waals surface area (Å²) in [6.07, 6.45) is 0. The van der Waals surface area contributed by atoms with Crippen molar-refractivity contribution in [1.82, 2.24) is 10.5 Å². The molecule has 7 heteroatoms. The van der Waals surface area contributed by atoms with E-state index < -0.39 is 17.7 Å². The third-order valence-electron chi connectivity index (χ3n) is 4.48. The minimum atomic E-state index is -0.936. The van der Waals surface area contributed by atoms with Gasteiger partial charge < -0.3 is 9.84 Å². The van der Waals surface area contributed by atoms with E-state index in [1.165, 1.54) is 17.8 Å². The van der Waals surface area contributed by atoms with Gasteiger partial charge in [-0.3, -0.25) is 4.79 Å². The largest absolute Gasteiger partial charge is 0.361 e. The van der Waals surface area contributed by atoms with Crippen LogP contribution in [0.5, 0.6) is 0 Å². The van der Waals surface area contributed by atoms with Crippen LogP contribution in [0.15, 0.2) is 51.9 Å². The summed E-state index contributed by atoms with van der Waals surface area (Å²) in [6.45, 7) is 5.47. The van der Waals surface area contributed by atoms with Gasteiger partial charge in [0.05, 0.1) is 17.3 Å². The van der Waals surface area contributed by atoms with E-state index >= 15 is 0 Å². The van der Waals surface area contributed by atoms with Crippen molar-refractivity contribution in [2.24, 2.45) is 0 Å². The maximum atomic E-state index is 13.5. The topological polar surface area (TPSA) is 55.1 Å². The second-order valence-electron chi connectivity index (χ2n) is 6.46. The van der Waals surface area contributed by atoms with Crippen LogP contribution in [-0.2, 0) is 5.75 Å². The van der Waals surface area contributed by atoms with E-state index in [1.54, 1.807) is 19.1 Å². The first-order valence-electron chi connectivity index (χ1n) is 8.76. The van der Waals surface area contributed by atoms with E-state index in [2.05, 4.69) is 10.5 Å². The average molecular weight is 402 g/mol. The minimum Gasteiger partial charge on any atom is -0.361 e. The lowest BCUT2D eigenvalue weighted by molar-refractivity contribution is 0.0937. The van der Waals surface area contributed by atoms with E-state index in [1.807, 2.05) is 26.0 Å². The van der Waals surface area contributed by atoms with Crippen molar-refractivity contribution in [1.29, 1.82) is 0 Å². The summed E-state index contributed by atoms with van der Waals surface area (Å²) in [7, 11) is 0. The van der Waals surface area contributed by atoms with Gasteiger partial charge in [0.25, 0.3) is 5.91 Å². The molecule has 0 aliphatic carbocycles. The molecule has 1 aromatic heterocycles. The molecule has 0 bridgehead atoms. The highest BCUT2D eigenvalue weighted by Gasteiger charge is 2.17. The highest BCUT2D eigenvalue weighted by Crippen LogP contribution is 2.29. The monoisotopic (exact) mass is 402 g/mol. The zero-order valence-corrected chi connectivity index (χ0v) is 16.6. The molecule has 3 aromatic rings. The summed E-state index contributed by atoms with van der Waals surface area (Å²) in [5, 5.41) is 6.79. The summed E-state index contributed by atoms with van der Waals surface area (Å²) < 4.78 is 31.8. The number of benzene rings is 2. The van der Waals surface area contributed by atoms with Crippen molar-refractivity contribution < 1.29 is 18.1 Å². The fourth-order valence-corrected chi connectivity index (χ4v) is 3.98. The Hall–Kier alpha value is -2.67. The van der Waals surface area contributed by atoms with Gasteiger partial charge in [0.1, 0.15) is 5.76 Å². The molecule has 1 amide bonds. The smallest absolute Gasteiger partial charge is 0.252 e. The Kier molecular flexibility index (Phi) is 6.14. The standard InChI is InChI=1S/C21H20F2N2O2S/c1-12(15-8-9-18(22)19(23)10-15)24-21(26)16-6-4-5-7-20(16)28-11-17-13(2)25-27-14(17)3/h4-10,12H,11H2,1-3H3,(H,24,26). The van der Waals surface area contributed by atoms with Gasteiger partial charge in [-0.25, -0.2) is 8.78 Å². The fraction of sp³-hybridized carbons (Fsp3) is 0.238. The van der Waals surface area contributed by atoms with Gasteiger partial charge in [-0.1, -0.05) is 23.4 Å². The molecule has 0 saturated heterocycles. The maximum absolute atomic E-state index is 13.5. The second-order valence-corrected chi connectivity index (χ2v) is 7.47. The van der Waals surface area contributed by atoms with Crippen LogP contribution in [0.4, 0.5) is 8.78 Å². The summed E-state index contributed by atoms with van der Waals surface area (Å²) in [4.78, 5) is 13.6. The lowest BCUT2D eigenvalue weighted by Crippen LogP contribution is -2.27. The first kappa shape index (κ1) is 20.1. The number of nitrogens with zero attached hydrogens (tertiary/aromatic N) is 1. The van der Waals surface area contributed by atoms with Gasteiger partial charge in [-0.15, -0.1) is 11.8 Å². The molecule has 2 aromatic carbocycles. The molecule has 1 heterocycles. The highest BCUT2D eigenvalue weighted by atomic mass is 32.2. The van der Waals surface area contributed by atoms with Crippen molar-refractivity contribution in [3.63, 3.8) is 0 Å². The van der Waals surface area contributed by atoms with E-state index in [-0.39, 0.29) is 5.91 Å². The molecule has 0 spiro atoms. The summed E-state index contributed by atoms with van der Waals surface area (Å²) in [5.41, 5.74) is 2.86. The Labute approximate surface area is 166 Å². The summed E-state index contributed by atoms with van der Waals surface area (Å²) in [5.74, 6) is -0.736. The van der Waals surface area contributed by atoms with Crippen molar-refractivity contribution >= 4 is 17.7 Å². The molecular weight excluding hydrogens is 382 g/mol. The molecule has 146 valence electrons. The molecule has 1 atom stereocenters. The lowest BCUT2D eigenvalue weighted by Gasteiger charge is -2.16. The number of hydrogen-bond donors (Lipinski definition) is 1. The zero-order chi connectivity index (χ0) is 20.3.